The number of halogens is 3. The Bertz CT molecular complexity index is 475. The lowest BCUT2D eigenvalue weighted by Gasteiger charge is -2.24. The van der Waals surface area contributed by atoms with Crippen LogP contribution < -0.4 is 5.73 Å². The zero-order valence-corrected chi connectivity index (χ0v) is 10.5. The summed E-state index contributed by atoms with van der Waals surface area (Å²) in [5.41, 5.74) is 6.98. The molecule has 1 amide bonds. The topological polar surface area (TPSA) is 46.3 Å². The number of amides is 1. The number of alkyl halides is 3. The van der Waals surface area contributed by atoms with E-state index < -0.39 is 18.6 Å². The normalized spacial score (nSPS) is 15.4. The summed E-state index contributed by atoms with van der Waals surface area (Å²) in [6, 6.07) is 4.35. The minimum absolute atomic E-state index is 0.216. The van der Waals surface area contributed by atoms with Gasteiger partial charge in [-0.2, -0.15) is 13.2 Å². The van der Waals surface area contributed by atoms with E-state index in [1.54, 1.807) is 19.1 Å². The van der Waals surface area contributed by atoms with Crippen molar-refractivity contribution in [2.75, 3.05) is 12.3 Å². The van der Waals surface area contributed by atoms with Crippen molar-refractivity contribution in [2.45, 2.75) is 32.0 Å². The van der Waals surface area contributed by atoms with Crippen molar-refractivity contribution in [3.8, 4) is 0 Å². The zero-order chi connectivity index (χ0) is 14.2. The van der Waals surface area contributed by atoms with Gasteiger partial charge in [0.1, 0.15) is 6.54 Å². The largest absolute Gasteiger partial charge is 0.406 e. The summed E-state index contributed by atoms with van der Waals surface area (Å²) in [4.78, 5) is 13.1. The third kappa shape index (κ3) is 3.62. The second-order valence-electron chi connectivity index (χ2n) is 4.91. The van der Waals surface area contributed by atoms with Gasteiger partial charge in [-0.1, -0.05) is 0 Å². The SMILES string of the molecule is Cc1cc(N)cc(C(=O)N(CC(F)(F)F)C2CC2)c1. The molecule has 2 rings (SSSR count). The molecule has 0 heterocycles. The molecule has 1 saturated carbocycles. The van der Waals surface area contributed by atoms with Crippen LogP contribution in [0.2, 0.25) is 0 Å². The number of hydrogen-bond donors (Lipinski definition) is 1. The van der Waals surface area contributed by atoms with Gasteiger partial charge in [0.2, 0.25) is 0 Å². The van der Waals surface area contributed by atoms with E-state index >= 15 is 0 Å². The summed E-state index contributed by atoms with van der Waals surface area (Å²) >= 11 is 0. The molecule has 1 aliphatic carbocycles. The maximum atomic E-state index is 12.5. The minimum Gasteiger partial charge on any atom is -0.399 e. The fraction of sp³-hybridized carbons (Fsp3) is 0.462. The van der Waals surface area contributed by atoms with Gasteiger partial charge >= 0.3 is 6.18 Å². The highest BCUT2D eigenvalue weighted by molar-refractivity contribution is 5.95. The molecule has 3 nitrogen and oxygen atoms in total. The van der Waals surface area contributed by atoms with E-state index in [0.717, 1.165) is 10.5 Å². The standard InChI is InChI=1S/C13H15F3N2O/c1-8-4-9(6-10(17)5-8)12(19)18(11-2-3-11)7-13(14,15)16/h4-6,11H,2-3,7,17H2,1H3. The highest BCUT2D eigenvalue weighted by Gasteiger charge is 2.40. The first kappa shape index (κ1) is 13.7. The third-order valence-electron chi connectivity index (χ3n) is 2.94. The maximum Gasteiger partial charge on any atom is 0.406 e. The van der Waals surface area contributed by atoms with Crippen molar-refractivity contribution < 1.29 is 18.0 Å². The molecular weight excluding hydrogens is 257 g/mol. The summed E-state index contributed by atoms with van der Waals surface area (Å²) in [5.74, 6) is -0.602. The summed E-state index contributed by atoms with van der Waals surface area (Å²) in [7, 11) is 0. The van der Waals surface area contributed by atoms with Crippen LogP contribution in [0.15, 0.2) is 18.2 Å². The van der Waals surface area contributed by atoms with Crippen LogP contribution in [0.3, 0.4) is 0 Å². The van der Waals surface area contributed by atoms with Crippen LogP contribution in [0.5, 0.6) is 0 Å². The van der Waals surface area contributed by atoms with Gasteiger partial charge in [-0.3, -0.25) is 4.79 Å². The predicted molar refractivity (Wildman–Crippen MR) is 65.7 cm³/mol. The van der Waals surface area contributed by atoms with Crippen LogP contribution in [-0.4, -0.2) is 29.6 Å². The average molecular weight is 272 g/mol. The number of anilines is 1. The number of aryl methyl sites for hydroxylation is 1. The highest BCUT2D eigenvalue weighted by Crippen LogP contribution is 2.31. The molecule has 0 aliphatic heterocycles. The molecule has 1 aromatic carbocycles. The van der Waals surface area contributed by atoms with Crippen LogP contribution in [-0.2, 0) is 0 Å². The van der Waals surface area contributed by atoms with Crippen molar-refractivity contribution in [1.82, 2.24) is 4.90 Å². The molecule has 6 heteroatoms. The molecule has 0 atom stereocenters. The second-order valence-corrected chi connectivity index (χ2v) is 4.91. The van der Waals surface area contributed by atoms with Gasteiger partial charge in [-0.25, -0.2) is 0 Å². The average Bonchev–Trinajstić information content (AvgIpc) is 3.06. The van der Waals surface area contributed by atoms with E-state index in [1.807, 2.05) is 0 Å². The molecule has 19 heavy (non-hydrogen) atoms. The van der Waals surface area contributed by atoms with E-state index in [1.165, 1.54) is 6.07 Å². The molecule has 1 aromatic rings. The number of carbonyl (C=O) groups excluding carboxylic acids is 1. The number of carbonyl (C=O) groups is 1. The molecule has 2 N–H and O–H groups in total. The molecule has 104 valence electrons. The van der Waals surface area contributed by atoms with Crippen molar-refractivity contribution in [2.24, 2.45) is 0 Å². The van der Waals surface area contributed by atoms with E-state index in [-0.39, 0.29) is 11.6 Å². The van der Waals surface area contributed by atoms with Crippen LogP contribution in [0.1, 0.15) is 28.8 Å². The molecule has 0 unspecified atom stereocenters. The number of nitrogen functional groups attached to an aromatic ring is 1. The first-order valence-corrected chi connectivity index (χ1v) is 6.01. The summed E-state index contributed by atoms with van der Waals surface area (Å²) in [6.07, 6.45) is -3.13. The van der Waals surface area contributed by atoms with Gasteiger partial charge in [0.05, 0.1) is 0 Å². The molecule has 1 fully saturated rings. The van der Waals surface area contributed by atoms with Crippen molar-refractivity contribution in [3.05, 3.63) is 29.3 Å². The van der Waals surface area contributed by atoms with Crippen molar-refractivity contribution in [1.29, 1.82) is 0 Å². The highest BCUT2D eigenvalue weighted by atomic mass is 19.4. The Kier molecular flexibility index (Phi) is 3.43. The summed E-state index contributed by atoms with van der Waals surface area (Å²) < 4.78 is 37.5. The van der Waals surface area contributed by atoms with Crippen LogP contribution in [0.25, 0.3) is 0 Å². The lowest BCUT2D eigenvalue weighted by Crippen LogP contribution is -2.40. The van der Waals surface area contributed by atoms with Gasteiger partial charge in [0, 0.05) is 17.3 Å². The molecule has 0 bridgehead atoms. The van der Waals surface area contributed by atoms with E-state index in [9.17, 15) is 18.0 Å². The van der Waals surface area contributed by atoms with Crippen LogP contribution in [0, 0.1) is 6.92 Å². The Balaban J connectivity index is 2.24. The van der Waals surface area contributed by atoms with Crippen molar-refractivity contribution >= 4 is 11.6 Å². The minimum atomic E-state index is -4.38. The van der Waals surface area contributed by atoms with E-state index in [0.29, 0.717) is 18.5 Å². The fourth-order valence-electron chi connectivity index (χ4n) is 2.05. The van der Waals surface area contributed by atoms with Gasteiger partial charge in [-0.05, 0) is 43.5 Å². The van der Waals surface area contributed by atoms with Gasteiger partial charge in [0.25, 0.3) is 5.91 Å². The fourth-order valence-corrected chi connectivity index (χ4v) is 2.05. The molecule has 0 radical (unpaired) electrons. The zero-order valence-electron chi connectivity index (χ0n) is 10.5. The maximum absolute atomic E-state index is 12.5. The Hall–Kier alpha value is -1.72. The number of nitrogens with two attached hydrogens (primary N) is 1. The first-order chi connectivity index (χ1) is 8.76. The second kappa shape index (κ2) is 4.75. The summed E-state index contributed by atoms with van der Waals surface area (Å²) in [6.45, 7) is 0.544. The number of benzene rings is 1. The number of nitrogens with zero attached hydrogens (tertiary/aromatic N) is 1. The smallest absolute Gasteiger partial charge is 0.399 e. The molecule has 0 spiro atoms. The van der Waals surface area contributed by atoms with Crippen LogP contribution >= 0.6 is 0 Å². The van der Waals surface area contributed by atoms with Gasteiger partial charge in [0.15, 0.2) is 0 Å². The van der Waals surface area contributed by atoms with Gasteiger partial charge in [-0.15, -0.1) is 0 Å². The first-order valence-electron chi connectivity index (χ1n) is 6.01. The molecule has 0 saturated heterocycles. The van der Waals surface area contributed by atoms with Gasteiger partial charge < -0.3 is 10.6 Å². The quantitative estimate of drug-likeness (QED) is 0.860. The third-order valence-corrected chi connectivity index (χ3v) is 2.94. The lowest BCUT2D eigenvalue weighted by atomic mass is 10.1. The molecule has 1 aliphatic rings. The van der Waals surface area contributed by atoms with Crippen molar-refractivity contribution in [3.63, 3.8) is 0 Å². The molecular formula is C13H15F3N2O. The Labute approximate surface area is 109 Å². The number of hydrogen-bond acceptors (Lipinski definition) is 2. The van der Waals surface area contributed by atoms with E-state index in [4.69, 9.17) is 5.73 Å². The molecule has 0 aromatic heterocycles. The van der Waals surface area contributed by atoms with Crippen LogP contribution in [0.4, 0.5) is 18.9 Å². The Morgan fingerprint density at radius 2 is 2.00 bits per heavy atom. The Morgan fingerprint density at radius 1 is 1.37 bits per heavy atom. The summed E-state index contributed by atoms with van der Waals surface area (Å²) in [5, 5.41) is 0. The number of rotatable bonds is 3. The predicted octanol–water partition coefficient (Wildman–Crippen LogP) is 2.74. The Morgan fingerprint density at radius 3 is 2.47 bits per heavy atom. The lowest BCUT2D eigenvalue weighted by molar-refractivity contribution is -0.141. The monoisotopic (exact) mass is 272 g/mol. The van der Waals surface area contributed by atoms with E-state index in [2.05, 4.69) is 0 Å².